The molecule has 3 heterocycles. The minimum Gasteiger partial charge on any atom is -0.298 e. The lowest BCUT2D eigenvalue weighted by atomic mass is 10.1. The molecule has 2 fully saturated rings. The van der Waals surface area contributed by atoms with E-state index in [-0.39, 0.29) is 0 Å². The second kappa shape index (κ2) is 5.32. The molecule has 18 heavy (non-hydrogen) atoms. The number of hydrogen-bond donors (Lipinski definition) is 0. The zero-order valence-corrected chi connectivity index (χ0v) is 12.4. The van der Waals surface area contributed by atoms with E-state index in [4.69, 9.17) is 0 Å². The van der Waals surface area contributed by atoms with Gasteiger partial charge in [-0.1, -0.05) is 0 Å². The molecule has 2 atom stereocenters. The lowest BCUT2D eigenvalue weighted by Crippen LogP contribution is -2.53. The van der Waals surface area contributed by atoms with Gasteiger partial charge >= 0.3 is 0 Å². The Labute approximate surface area is 115 Å². The standard InChI is InChI=1S/C15H24N2S/c1-12(10-15-6-5-13(2)18-15)17-9-8-16-7-3-4-14(16)11-17/h5-6,12,14H,3-4,7-11H2,1-2H3. The van der Waals surface area contributed by atoms with E-state index in [1.165, 1.54) is 50.3 Å². The van der Waals surface area contributed by atoms with Crippen molar-refractivity contribution in [2.45, 2.75) is 45.2 Å². The Morgan fingerprint density at radius 3 is 3.00 bits per heavy atom. The second-order valence-electron chi connectivity index (χ2n) is 5.89. The van der Waals surface area contributed by atoms with Crippen molar-refractivity contribution in [3.8, 4) is 0 Å². The molecule has 2 aliphatic rings. The summed E-state index contributed by atoms with van der Waals surface area (Å²) in [4.78, 5) is 8.40. The van der Waals surface area contributed by atoms with E-state index in [0.717, 1.165) is 6.04 Å². The van der Waals surface area contributed by atoms with E-state index < -0.39 is 0 Å². The second-order valence-corrected chi connectivity index (χ2v) is 7.26. The van der Waals surface area contributed by atoms with Crippen LogP contribution in [-0.2, 0) is 6.42 Å². The summed E-state index contributed by atoms with van der Waals surface area (Å²) in [6, 6.07) is 6.11. The fourth-order valence-electron chi connectivity index (χ4n) is 3.43. The van der Waals surface area contributed by atoms with Gasteiger partial charge in [0.1, 0.15) is 0 Å². The van der Waals surface area contributed by atoms with Crippen molar-refractivity contribution < 1.29 is 0 Å². The highest BCUT2D eigenvalue weighted by Gasteiger charge is 2.32. The number of thiophene rings is 1. The Morgan fingerprint density at radius 2 is 2.22 bits per heavy atom. The molecule has 1 aromatic heterocycles. The van der Waals surface area contributed by atoms with Gasteiger partial charge in [0.25, 0.3) is 0 Å². The first-order chi connectivity index (χ1) is 8.72. The first-order valence-electron chi connectivity index (χ1n) is 7.26. The molecule has 100 valence electrons. The topological polar surface area (TPSA) is 6.48 Å². The molecular formula is C15H24N2S. The summed E-state index contributed by atoms with van der Waals surface area (Å²) in [5.41, 5.74) is 0. The first kappa shape index (κ1) is 12.6. The molecular weight excluding hydrogens is 240 g/mol. The summed E-state index contributed by atoms with van der Waals surface area (Å²) in [6.45, 7) is 9.80. The number of piperazine rings is 1. The summed E-state index contributed by atoms with van der Waals surface area (Å²) in [6.07, 6.45) is 4.06. The van der Waals surface area contributed by atoms with Crippen LogP contribution in [0.2, 0.25) is 0 Å². The van der Waals surface area contributed by atoms with Crippen molar-refractivity contribution in [1.82, 2.24) is 9.80 Å². The van der Waals surface area contributed by atoms with Crippen LogP contribution in [0.15, 0.2) is 12.1 Å². The number of fused-ring (bicyclic) bond motifs is 1. The van der Waals surface area contributed by atoms with Gasteiger partial charge in [0, 0.05) is 41.5 Å². The molecule has 0 amide bonds. The molecule has 0 aliphatic carbocycles. The number of aryl methyl sites for hydroxylation is 1. The van der Waals surface area contributed by atoms with Crippen molar-refractivity contribution in [3.63, 3.8) is 0 Å². The SMILES string of the molecule is Cc1ccc(CC(C)N2CCN3CCCC3C2)s1. The van der Waals surface area contributed by atoms with E-state index in [1.54, 1.807) is 4.88 Å². The molecule has 3 heteroatoms. The lowest BCUT2D eigenvalue weighted by molar-refractivity contribution is 0.0774. The maximum atomic E-state index is 2.71. The molecule has 2 unspecified atom stereocenters. The van der Waals surface area contributed by atoms with Crippen LogP contribution < -0.4 is 0 Å². The van der Waals surface area contributed by atoms with Crippen LogP contribution >= 0.6 is 11.3 Å². The normalized spacial score (nSPS) is 27.3. The van der Waals surface area contributed by atoms with E-state index in [0.29, 0.717) is 6.04 Å². The largest absolute Gasteiger partial charge is 0.298 e. The van der Waals surface area contributed by atoms with Crippen LogP contribution in [0.5, 0.6) is 0 Å². The first-order valence-corrected chi connectivity index (χ1v) is 8.07. The molecule has 2 aliphatic heterocycles. The van der Waals surface area contributed by atoms with E-state index in [1.807, 2.05) is 11.3 Å². The van der Waals surface area contributed by atoms with Crippen LogP contribution in [0.1, 0.15) is 29.5 Å². The molecule has 2 saturated heterocycles. The van der Waals surface area contributed by atoms with Gasteiger partial charge in [0.15, 0.2) is 0 Å². The predicted octanol–water partition coefficient (Wildman–Crippen LogP) is 2.77. The monoisotopic (exact) mass is 264 g/mol. The quantitative estimate of drug-likeness (QED) is 0.828. The molecule has 0 radical (unpaired) electrons. The van der Waals surface area contributed by atoms with E-state index in [2.05, 4.69) is 35.8 Å². The van der Waals surface area contributed by atoms with Crippen LogP contribution in [0.3, 0.4) is 0 Å². The van der Waals surface area contributed by atoms with Gasteiger partial charge in [-0.2, -0.15) is 0 Å². The third-order valence-corrected chi connectivity index (χ3v) is 5.56. The van der Waals surface area contributed by atoms with Crippen LogP contribution in [0, 0.1) is 6.92 Å². The van der Waals surface area contributed by atoms with E-state index >= 15 is 0 Å². The van der Waals surface area contributed by atoms with Crippen molar-refractivity contribution in [2.75, 3.05) is 26.2 Å². The summed E-state index contributed by atoms with van der Waals surface area (Å²) >= 11 is 1.96. The van der Waals surface area contributed by atoms with Gasteiger partial charge in [-0.25, -0.2) is 0 Å². The van der Waals surface area contributed by atoms with Crippen LogP contribution in [-0.4, -0.2) is 48.1 Å². The smallest absolute Gasteiger partial charge is 0.0224 e. The third-order valence-electron chi connectivity index (χ3n) is 4.53. The molecule has 0 saturated carbocycles. The van der Waals surface area contributed by atoms with Gasteiger partial charge in [0.05, 0.1) is 0 Å². The molecule has 0 aromatic carbocycles. The van der Waals surface area contributed by atoms with Crippen molar-refractivity contribution in [1.29, 1.82) is 0 Å². The summed E-state index contributed by atoms with van der Waals surface area (Å²) < 4.78 is 0. The predicted molar refractivity (Wildman–Crippen MR) is 78.4 cm³/mol. The molecule has 2 nitrogen and oxygen atoms in total. The van der Waals surface area contributed by atoms with E-state index in [9.17, 15) is 0 Å². The Bertz CT molecular complexity index is 401. The zero-order valence-electron chi connectivity index (χ0n) is 11.6. The highest BCUT2D eigenvalue weighted by Crippen LogP contribution is 2.24. The maximum absolute atomic E-state index is 2.71. The average molecular weight is 264 g/mol. The van der Waals surface area contributed by atoms with Crippen LogP contribution in [0.4, 0.5) is 0 Å². The Morgan fingerprint density at radius 1 is 1.33 bits per heavy atom. The van der Waals surface area contributed by atoms with Gasteiger partial charge < -0.3 is 0 Å². The fraction of sp³-hybridized carbons (Fsp3) is 0.733. The molecule has 3 rings (SSSR count). The molecule has 0 N–H and O–H groups in total. The van der Waals surface area contributed by atoms with Gasteiger partial charge in [-0.3, -0.25) is 9.80 Å². The Hall–Kier alpha value is -0.380. The van der Waals surface area contributed by atoms with Crippen molar-refractivity contribution in [3.05, 3.63) is 21.9 Å². The number of rotatable bonds is 3. The van der Waals surface area contributed by atoms with Gasteiger partial charge in [-0.05, 0) is 51.8 Å². The van der Waals surface area contributed by atoms with Crippen molar-refractivity contribution in [2.24, 2.45) is 0 Å². The average Bonchev–Trinajstić information content (AvgIpc) is 2.96. The molecule has 1 aromatic rings. The summed E-state index contributed by atoms with van der Waals surface area (Å²) in [5.74, 6) is 0. The summed E-state index contributed by atoms with van der Waals surface area (Å²) in [7, 11) is 0. The molecule has 0 spiro atoms. The van der Waals surface area contributed by atoms with Crippen molar-refractivity contribution >= 4 is 11.3 Å². The number of nitrogens with zero attached hydrogens (tertiary/aromatic N) is 2. The zero-order chi connectivity index (χ0) is 12.5. The minimum atomic E-state index is 0.700. The molecule has 0 bridgehead atoms. The Balaban J connectivity index is 1.57. The highest BCUT2D eigenvalue weighted by molar-refractivity contribution is 7.11. The fourth-order valence-corrected chi connectivity index (χ4v) is 4.44. The maximum Gasteiger partial charge on any atom is 0.0224 e. The third kappa shape index (κ3) is 2.63. The lowest BCUT2D eigenvalue weighted by Gasteiger charge is -2.40. The van der Waals surface area contributed by atoms with Crippen LogP contribution in [0.25, 0.3) is 0 Å². The highest BCUT2D eigenvalue weighted by atomic mass is 32.1. The Kier molecular flexibility index (Phi) is 3.73. The minimum absolute atomic E-state index is 0.700. The van der Waals surface area contributed by atoms with Gasteiger partial charge in [-0.15, -0.1) is 11.3 Å². The summed E-state index contributed by atoms with van der Waals surface area (Å²) in [5, 5.41) is 0. The van der Waals surface area contributed by atoms with Gasteiger partial charge in [0.2, 0.25) is 0 Å². The number of hydrogen-bond acceptors (Lipinski definition) is 3.